The van der Waals surface area contributed by atoms with Crippen molar-refractivity contribution in [1.29, 1.82) is 0 Å². The van der Waals surface area contributed by atoms with E-state index in [9.17, 15) is 9.90 Å². The molecule has 0 saturated carbocycles. The highest BCUT2D eigenvalue weighted by Gasteiger charge is 2.24. The first kappa shape index (κ1) is 17.6. The lowest BCUT2D eigenvalue weighted by Gasteiger charge is -2.15. The molecule has 8 nitrogen and oxygen atoms in total. The number of hydrogen-bond acceptors (Lipinski definition) is 6. The summed E-state index contributed by atoms with van der Waals surface area (Å²) in [4.78, 5) is 16.5. The molecule has 0 fully saturated rings. The number of carbonyl (C=O) groups excluding carboxylic acids is 1. The number of aryl methyl sites for hydroxylation is 2. The van der Waals surface area contributed by atoms with E-state index >= 15 is 0 Å². The zero-order valence-electron chi connectivity index (χ0n) is 15.6. The van der Waals surface area contributed by atoms with E-state index in [-0.39, 0.29) is 17.0 Å². The first-order valence-electron chi connectivity index (χ1n) is 8.59. The van der Waals surface area contributed by atoms with Crippen LogP contribution in [0.5, 0.6) is 5.75 Å². The highest BCUT2D eigenvalue weighted by atomic mass is 16.3. The number of oxazole rings is 1. The number of phenolic OH excluding ortho intramolecular Hbond substituents is 1. The van der Waals surface area contributed by atoms with Crippen LogP contribution in [-0.2, 0) is 7.05 Å². The molecule has 4 rings (SSSR count). The van der Waals surface area contributed by atoms with Crippen LogP contribution in [0.1, 0.15) is 21.5 Å². The maximum Gasteiger partial charge on any atom is 0.250 e. The quantitative estimate of drug-likeness (QED) is 0.470. The number of carbonyl (C=O) groups is 1. The van der Waals surface area contributed by atoms with Crippen LogP contribution >= 0.6 is 0 Å². The summed E-state index contributed by atoms with van der Waals surface area (Å²) in [5, 5.41) is 14.4. The van der Waals surface area contributed by atoms with Gasteiger partial charge in [0.15, 0.2) is 5.58 Å². The lowest BCUT2D eigenvalue weighted by Crippen LogP contribution is -2.14. The molecule has 2 aromatic carbocycles. The van der Waals surface area contributed by atoms with Gasteiger partial charge < -0.3 is 21.0 Å². The lowest BCUT2D eigenvalue weighted by molar-refractivity contribution is 0.100. The molecule has 0 aliphatic rings. The Balaban J connectivity index is 2.12. The first-order valence-corrected chi connectivity index (χ1v) is 8.59. The normalized spacial score (nSPS) is 11.2. The summed E-state index contributed by atoms with van der Waals surface area (Å²) in [6.07, 6.45) is 3.40. The molecule has 1 amide bonds. The van der Waals surface area contributed by atoms with Gasteiger partial charge in [0.25, 0.3) is 5.91 Å². The van der Waals surface area contributed by atoms with Crippen molar-refractivity contribution in [2.75, 3.05) is 5.73 Å². The molecule has 0 saturated heterocycles. The number of amides is 1. The number of nitrogen functional groups attached to an aromatic ring is 1. The van der Waals surface area contributed by atoms with Gasteiger partial charge in [-0.25, -0.2) is 4.98 Å². The summed E-state index contributed by atoms with van der Waals surface area (Å²) in [5.74, 6) is -0.201. The Morgan fingerprint density at radius 3 is 2.64 bits per heavy atom. The van der Waals surface area contributed by atoms with Crippen molar-refractivity contribution in [3.63, 3.8) is 0 Å². The zero-order valence-corrected chi connectivity index (χ0v) is 15.6. The number of primary amides is 1. The number of aromatic nitrogens is 3. The molecular formula is C20H19N5O3. The van der Waals surface area contributed by atoms with Crippen LogP contribution in [0.25, 0.3) is 33.7 Å². The van der Waals surface area contributed by atoms with Gasteiger partial charge in [-0.2, -0.15) is 5.10 Å². The van der Waals surface area contributed by atoms with Crippen molar-refractivity contribution in [2.24, 2.45) is 12.8 Å². The second kappa shape index (κ2) is 6.12. The van der Waals surface area contributed by atoms with Crippen molar-refractivity contribution < 1.29 is 14.3 Å². The van der Waals surface area contributed by atoms with Gasteiger partial charge in [0.2, 0.25) is 5.89 Å². The standard InChI is InChI=1S/C20H19N5O3/c1-9-4-5-14(26)10(2)15(9)16-17(21)12(19(22)27)6-13-18(16)28-20(24-13)11-7-23-25(3)8-11/h4-8,26H,21H2,1-3H3,(H2,22,27). The van der Waals surface area contributed by atoms with E-state index in [1.54, 1.807) is 43.2 Å². The third kappa shape index (κ3) is 2.58. The average Bonchev–Trinajstić information content (AvgIpc) is 3.25. The van der Waals surface area contributed by atoms with Crippen LogP contribution < -0.4 is 11.5 Å². The van der Waals surface area contributed by atoms with Gasteiger partial charge >= 0.3 is 0 Å². The number of aromatic hydroxyl groups is 1. The molecule has 0 radical (unpaired) electrons. The molecule has 0 unspecified atom stereocenters. The largest absolute Gasteiger partial charge is 0.508 e. The number of anilines is 1. The molecule has 2 aromatic heterocycles. The fourth-order valence-electron chi connectivity index (χ4n) is 3.41. The molecule has 0 aliphatic heterocycles. The molecule has 28 heavy (non-hydrogen) atoms. The minimum absolute atomic E-state index is 0.115. The highest BCUT2D eigenvalue weighted by molar-refractivity contribution is 6.10. The maximum absolute atomic E-state index is 12.0. The zero-order chi connectivity index (χ0) is 20.2. The molecule has 0 aliphatic carbocycles. The van der Waals surface area contributed by atoms with Crippen LogP contribution in [0.4, 0.5) is 5.69 Å². The molecular weight excluding hydrogens is 358 g/mol. The van der Waals surface area contributed by atoms with Gasteiger partial charge in [0.05, 0.1) is 28.6 Å². The van der Waals surface area contributed by atoms with Crippen LogP contribution in [0.15, 0.2) is 35.0 Å². The van der Waals surface area contributed by atoms with Crippen molar-refractivity contribution in [1.82, 2.24) is 14.8 Å². The third-order valence-corrected chi connectivity index (χ3v) is 4.83. The minimum atomic E-state index is -0.665. The average molecular weight is 377 g/mol. The topological polar surface area (TPSA) is 133 Å². The fraction of sp³-hybridized carbons (Fsp3) is 0.150. The molecule has 4 aromatic rings. The third-order valence-electron chi connectivity index (χ3n) is 4.83. The monoisotopic (exact) mass is 377 g/mol. The Bertz CT molecular complexity index is 1250. The van der Waals surface area contributed by atoms with Gasteiger partial charge in [-0.1, -0.05) is 6.07 Å². The summed E-state index contributed by atoms with van der Waals surface area (Å²) in [5.41, 5.74) is 16.4. The van der Waals surface area contributed by atoms with Crippen molar-refractivity contribution in [3.8, 4) is 28.3 Å². The summed E-state index contributed by atoms with van der Waals surface area (Å²) >= 11 is 0. The van der Waals surface area contributed by atoms with Crippen LogP contribution in [0, 0.1) is 13.8 Å². The van der Waals surface area contributed by atoms with Crippen LogP contribution in [0.3, 0.4) is 0 Å². The van der Waals surface area contributed by atoms with E-state index in [1.807, 2.05) is 6.92 Å². The Labute approximate surface area is 160 Å². The summed E-state index contributed by atoms with van der Waals surface area (Å²) in [6, 6.07) is 4.91. The van der Waals surface area contributed by atoms with E-state index in [0.29, 0.717) is 39.2 Å². The second-order valence-electron chi connectivity index (χ2n) is 6.75. The van der Waals surface area contributed by atoms with E-state index in [0.717, 1.165) is 5.56 Å². The molecule has 2 heterocycles. The fourth-order valence-corrected chi connectivity index (χ4v) is 3.41. The number of nitrogens with zero attached hydrogens (tertiary/aromatic N) is 3. The van der Waals surface area contributed by atoms with Crippen molar-refractivity contribution >= 4 is 22.7 Å². The van der Waals surface area contributed by atoms with Crippen molar-refractivity contribution in [2.45, 2.75) is 13.8 Å². The molecule has 142 valence electrons. The summed E-state index contributed by atoms with van der Waals surface area (Å²) in [7, 11) is 1.79. The second-order valence-corrected chi connectivity index (χ2v) is 6.75. The van der Waals surface area contributed by atoms with Crippen LogP contribution in [0.2, 0.25) is 0 Å². The summed E-state index contributed by atoms with van der Waals surface area (Å²) < 4.78 is 7.68. The molecule has 0 spiro atoms. The lowest BCUT2D eigenvalue weighted by atomic mass is 9.91. The van der Waals surface area contributed by atoms with Gasteiger partial charge in [0.1, 0.15) is 11.3 Å². The van der Waals surface area contributed by atoms with Gasteiger partial charge in [-0.3, -0.25) is 9.48 Å². The molecule has 5 N–H and O–H groups in total. The molecule has 8 heteroatoms. The molecule has 0 atom stereocenters. The maximum atomic E-state index is 12.0. The minimum Gasteiger partial charge on any atom is -0.508 e. The number of rotatable bonds is 3. The van der Waals surface area contributed by atoms with E-state index < -0.39 is 5.91 Å². The Morgan fingerprint density at radius 2 is 2.00 bits per heavy atom. The summed E-state index contributed by atoms with van der Waals surface area (Å²) in [6.45, 7) is 3.67. The van der Waals surface area contributed by atoms with Crippen LogP contribution in [-0.4, -0.2) is 25.8 Å². The van der Waals surface area contributed by atoms with Crippen molar-refractivity contribution in [3.05, 3.63) is 47.3 Å². The highest BCUT2D eigenvalue weighted by Crippen LogP contribution is 2.43. The van der Waals surface area contributed by atoms with E-state index in [1.165, 1.54) is 6.07 Å². The Kier molecular flexibility index (Phi) is 3.85. The number of phenols is 1. The van der Waals surface area contributed by atoms with Gasteiger partial charge in [-0.15, -0.1) is 0 Å². The number of benzene rings is 2. The number of fused-ring (bicyclic) bond motifs is 1. The predicted molar refractivity (Wildman–Crippen MR) is 106 cm³/mol. The van der Waals surface area contributed by atoms with Gasteiger partial charge in [0, 0.05) is 13.2 Å². The van der Waals surface area contributed by atoms with E-state index in [4.69, 9.17) is 15.9 Å². The Morgan fingerprint density at radius 1 is 1.25 bits per heavy atom. The Hall–Kier alpha value is -3.81. The number of nitrogens with two attached hydrogens (primary N) is 2. The van der Waals surface area contributed by atoms with Gasteiger partial charge in [-0.05, 0) is 42.7 Å². The SMILES string of the molecule is Cc1ccc(O)c(C)c1-c1c(N)c(C(N)=O)cc2nc(-c3cnn(C)c3)oc12. The molecule has 0 bridgehead atoms. The first-order chi connectivity index (χ1) is 13.3. The van der Waals surface area contributed by atoms with E-state index in [2.05, 4.69) is 10.1 Å². The smallest absolute Gasteiger partial charge is 0.250 e. The predicted octanol–water partition coefficient (Wildman–Crippen LogP) is 2.90. The number of hydrogen-bond donors (Lipinski definition) is 3.